The van der Waals surface area contributed by atoms with Gasteiger partial charge in [0.2, 0.25) is 0 Å². The second-order valence-electron chi connectivity index (χ2n) is 5.63. The van der Waals surface area contributed by atoms with E-state index in [0.29, 0.717) is 11.8 Å². The molecule has 3 heteroatoms. The summed E-state index contributed by atoms with van der Waals surface area (Å²) in [6, 6.07) is 8.34. The Morgan fingerprint density at radius 1 is 1.05 bits per heavy atom. The van der Waals surface area contributed by atoms with E-state index < -0.39 is 0 Å². The zero-order valence-electron chi connectivity index (χ0n) is 12.8. The summed E-state index contributed by atoms with van der Waals surface area (Å²) in [7, 11) is 0. The highest BCUT2D eigenvalue weighted by Gasteiger charge is 2.15. The molecule has 0 heterocycles. The zero-order chi connectivity index (χ0) is 14.3. The first-order chi connectivity index (χ1) is 9.02. The van der Waals surface area contributed by atoms with Crippen LogP contribution >= 0.6 is 11.8 Å². The molecule has 0 amide bonds. The van der Waals surface area contributed by atoms with Crippen LogP contribution in [0.3, 0.4) is 0 Å². The quantitative estimate of drug-likeness (QED) is 0.726. The summed E-state index contributed by atoms with van der Waals surface area (Å²) in [4.78, 5) is 1.27. The second kappa shape index (κ2) is 8.49. The van der Waals surface area contributed by atoms with Crippen molar-refractivity contribution in [3.63, 3.8) is 0 Å². The van der Waals surface area contributed by atoms with E-state index in [-0.39, 0.29) is 6.10 Å². The number of rotatable bonds is 8. The molecule has 1 atom stereocenters. The van der Waals surface area contributed by atoms with Crippen LogP contribution < -0.4 is 10.1 Å². The molecule has 0 fully saturated rings. The van der Waals surface area contributed by atoms with Crippen LogP contribution in [0, 0.1) is 11.8 Å². The van der Waals surface area contributed by atoms with Gasteiger partial charge in [-0.2, -0.15) is 0 Å². The Morgan fingerprint density at radius 2 is 1.68 bits per heavy atom. The molecular weight excluding hydrogens is 254 g/mol. The van der Waals surface area contributed by atoms with E-state index in [1.807, 2.05) is 0 Å². The molecule has 0 saturated heterocycles. The van der Waals surface area contributed by atoms with Crippen molar-refractivity contribution >= 4 is 11.8 Å². The Morgan fingerprint density at radius 3 is 2.16 bits per heavy atom. The van der Waals surface area contributed by atoms with Gasteiger partial charge in [-0.05, 0) is 48.9 Å². The van der Waals surface area contributed by atoms with Gasteiger partial charge in [-0.15, -0.1) is 11.8 Å². The number of hydrogen-bond acceptors (Lipinski definition) is 3. The van der Waals surface area contributed by atoms with Crippen molar-refractivity contribution in [2.75, 3.05) is 19.3 Å². The Labute approximate surface area is 122 Å². The van der Waals surface area contributed by atoms with Gasteiger partial charge >= 0.3 is 0 Å². The predicted octanol–water partition coefficient (Wildman–Crippen LogP) is 4.06. The Balaban J connectivity index is 2.52. The number of nitrogens with one attached hydrogen (secondary N) is 1. The van der Waals surface area contributed by atoms with Crippen LogP contribution in [-0.4, -0.2) is 25.4 Å². The molecule has 1 aromatic rings. The van der Waals surface area contributed by atoms with E-state index in [1.54, 1.807) is 11.8 Å². The average molecular weight is 281 g/mol. The van der Waals surface area contributed by atoms with E-state index in [2.05, 4.69) is 63.5 Å². The fourth-order valence-electron chi connectivity index (χ4n) is 1.76. The van der Waals surface area contributed by atoms with Crippen molar-refractivity contribution in [3.8, 4) is 5.75 Å². The maximum atomic E-state index is 6.09. The molecule has 2 nitrogen and oxygen atoms in total. The summed E-state index contributed by atoms with van der Waals surface area (Å²) in [6.45, 7) is 10.8. The van der Waals surface area contributed by atoms with Crippen LogP contribution in [0.15, 0.2) is 29.2 Å². The van der Waals surface area contributed by atoms with Crippen LogP contribution in [0.2, 0.25) is 0 Å². The third-order valence-corrected chi connectivity index (χ3v) is 3.73. The number of thioether (sulfide) groups is 1. The molecule has 0 bridgehead atoms. The summed E-state index contributed by atoms with van der Waals surface area (Å²) in [5.74, 6) is 2.14. The van der Waals surface area contributed by atoms with E-state index >= 15 is 0 Å². The standard InChI is InChI=1S/C16H27NOS/c1-12(2)10-17-11-16(13(3)4)18-14-6-8-15(19-5)9-7-14/h6-9,12-13,16-17H,10-11H2,1-5H3. The van der Waals surface area contributed by atoms with Crippen LogP contribution in [-0.2, 0) is 0 Å². The van der Waals surface area contributed by atoms with Gasteiger partial charge in [0.15, 0.2) is 0 Å². The van der Waals surface area contributed by atoms with Crippen molar-refractivity contribution < 1.29 is 4.74 Å². The fraction of sp³-hybridized carbons (Fsp3) is 0.625. The van der Waals surface area contributed by atoms with Crippen LogP contribution in [0.5, 0.6) is 5.75 Å². The monoisotopic (exact) mass is 281 g/mol. The molecular formula is C16H27NOS. The molecule has 0 aliphatic carbocycles. The smallest absolute Gasteiger partial charge is 0.119 e. The first-order valence-corrected chi connectivity index (χ1v) is 8.26. The second-order valence-corrected chi connectivity index (χ2v) is 6.51. The average Bonchev–Trinajstić information content (AvgIpc) is 2.37. The van der Waals surface area contributed by atoms with Gasteiger partial charge in [-0.1, -0.05) is 27.7 Å². The van der Waals surface area contributed by atoms with Crippen molar-refractivity contribution in [1.82, 2.24) is 5.32 Å². The Kier molecular flexibility index (Phi) is 7.32. The van der Waals surface area contributed by atoms with Gasteiger partial charge in [0, 0.05) is 11.4 Å². The SMILES string of the molecule is CSc1ccc(OC(CNCC(C)C)C(C)C)cc1. The molecule has 0 radical (unpaired) electrons. The maximum absolute atomic E-state index is 6.09. The number of hydrogen-bond donors (Lipinski definition) is 1. The Bertz CT molecular complexity index is 348. The van der Waals surface area contributed by atoms with Gasteiger partial charge in [0.25, 0.3) is 0 Å². The van der Waals surface area contributed by atoms with Gasteiger partial charge in [0.1, 0.15) is 11.9 Å². The van der Waals surface area contributed by atoms with E-state index in [4.69, 9.17) is 4.74 Å². The minimum Gasteiger partial charge on any atom is -0.489 e. The van der Waals surface area contributed by atoms with Gasteiger partial charge in [-0.3, -0.25) is 0 Å². The molecule has 108 valence electrons. The van der Waals surface area contributed by atoms with Crippen molar-refractivity contribution in [2.24, 2.45) is 11.8 Å². The summed E-state index contributed by atoms with van der Waals surface area (Å²) in [6.07, 6.45) is 2.31. The molecule has 1 unspecified atom stereocenters. The molecule has 0 aromatic heterocycles. The summed E-state index contributed by atoms with van der Waals surface area (Å²) in [5.41, 5.74) is 0. The summed E-state index contributed by atoms with van der Waals surface area (Å²) >= 11 is 1.75. The minimum atomic E-state index is 0.221. The van der Waals surface area contributed by atoms with Gasteiger partial charge in [-0.25, -0.2) is 0 Å². The lowest BCUT2D eigenvalue weighted by molar-refractivity contribution is 0.148. The van der Waals surface area contributed by atoms with E-state index in [9.17, 15) is 0 Å². The molecule has 0 aliphatic rings. The van der Waals surface area contributed by atoms with Crippen LogP contribution in [0.25, 0.3) is 0 Å². The molecule has 1 rings (SSSR count). The molecule has 1 aromatic carbocycles. The van der Waals surface area contributed by atoms with Crippen molar-refractivity contribution in [3.05, 3.63) is 24.3 Å². The van der Waals surface area contributed by atoms with E-state index in [1.165, 1.54) is 4.90 Å². The van der Waals surface area contributed by atoms with Crippen molar-refractivity contribution in [2.45, 2.75) is 38.7 Å². The minimum absolute atomic E-state index is 0.221. The van der Waals surface area contributed by atoms with Crippen LogP contribution in [0.4, 0.5) is 0 Å². The highest BCUT2D eigenvalue weighted by Crippen LogP contribution is 2.21. The number of ether oxygens (including phenoxy) is 1. The molecule has 19 heavy (non-hydrogen) atoms. The highest BCUT2D eigenvalue weighted by molar-refractivity contribution is 7.98. The predicted molar refractivity (Wildman–Crippen MR) is 85.2 cm³/mol. The highest BCUT2D eigenvalue weighted by atomic mass is 32.2. The summed E-state index contributed by atoms with van der Waals surface area (Å²) in [5, 5.41) is 3.48. The lowest BCUT2D eigenvalue weighted by atomic mass is 10.1. The van der Waals surface area contributed by atoms with Crippen molar-refractivity contribution in [1.29, 1.82) is 0 Å². The first-order valence-electron chi connectivity index (χ1n) is 7.04. The molecule has 0 aliphatic heterocycles. The van der Waals surface area contributed by atoms with E-state index in [0.717, 1.165) is 18.8 Å². The zero-order valence-corrected chi connectivity index (χ0v) is 13.6. The normalized spacial score (nSPS) is 13.0. The van der Waals surface area contributed by atoms with Gasteiger partial charge < -0.3 is 10.1 Å². The van der Waals surface area contributed by atoms with Gasteiger partial charge in [0.05, 0.1) is 0 Å². The Hall–Kier alpha value is -0.670. The lowest BCUT2D eigenvalue weighted by Gasteiger charge is -2.23. The lowest BCUT2D eigenvalue weighted by Crippen LogP contribution is -2.36. The largest absolute Gasteiger partial charge is 0.489 e. The third kappa shape index (κ3) is 6.35. The topological polar surface area (TPSA) is 21.3 Å². The number of benzene rings is 1. The molecule has 0 saturated carbocycles. The summed E-state index contributed by atoms with van der Waals surface area (Å²) < 4.78 is 6.09. The third-order valence-electron chi connectivity index (χ3n) is 2.99. The first kappa shape index (κ1) is 16.4. The maximum Gasteiger partial charge on any atom is 0.119 e. The fourth-order valence-corrected chi connectivity index (χ4v) is 2.17. The molecule has 0 spiro atoms. The molecule has 1 N–H and O–H groups in total. The van der Waals surface area contributed by atoms with Crippen LogP contribution in [0.1, 0.15) is 27.7 Å².